The first kappa shape index (κ1) is 9.01. The Balaban J connectivity index is 2.66. The highest BCUT2D eigenvalue weighted by molar-refractivity contribution is 9.15. The number of rotatable bonds is 0. The molecule has 0 spiro atoms. The molecule has 1 aromatic rings. The summed E-state index contributed by atoms with van der Waals surface area (Å²) in [5.74, 6) is 0. The van der Waals surface area contributed by atoms with Gasteiger partial charge in [-0.15, -0.1) is 0 Å². The molecule has 0 bridgehead atoms. The molecule has 1 aliphatic carbocycles. The van der Waals surface area contributed by atoms with Crippen molar-refractivity contribution in [1.29, 1.82) is 0 Å². The van der Waals surface area contributed by atoms with Crippen LogP contribution in [0.5, 0.6) is 0 Å². The third-order valence-corrected chi connectivity index (χ3v) is 3.34. The minimum absolute atomic E-state index is 1.16. The zero-order valence-electron chi connectivity index (χ0n) is 8.02. The first-order valence-electron chi connectivity index (χ1n) is 4.64. The van der Waals surface area contributed by atoms with E-state index in [1.807, 2.05) is 0 Å². The SMILES string of the molecule is Cc1cc(C)c2c(c1)C(Br)=CCC2. The van der Waals surface area contributed by atoms with Crippen molar-refractivity contribution in [1.82, 2.24) is 0 Å². The van der Waals surface area contributed by atoms with Crippen molar-refractivity contribution in [3.8, 4) is 0 Å². The normalized spacial score (nSPS) is 15.2. The van der Waals surface area contributed by atoms with Gasteiger partial charge in [0.15, 0.2) is 0 Å². The van der Waals surface area contributed by atoms with Gasteiger partial charge < -0.3 is 0 Å². The van der Waals surface area contributed by atoms with Gasteiger partial charge in [-0.3, -0.25) is 0 Å². The average Bonchev–Trinajstić information content (AvgIpc) is 2.07. The zero-order chi connectivity index (χ0) is 9.42. The van der Waals surface area contributed by atoms with Gasteiger partial charge in [0.05, 0.1) is 0 Å². The maximum Gasteiger partial charge on any atom is 0.0210 e. The summed E-state index contributed by atoms with van der Waals surface area (Å²) in [5, 5.41) is 0. The van der Waals surface area contributed by atoms with Crippen LogP contribution in [0.1, 0.15) is 28.7 Å². The summed E-state index contributed by atoms with van der Waals surface area (Å²) in [4.78, 5) is 0. The van der Waals surface area contributed by atoms with E-state index in [4.69, 9.17) is 0 Å². The molecule has 0 unspecified atom stereocenters. The number of benzene rings is 1. The van der Waals surface area contributed by atoms with E-state index in [0.29, 0.717) is 0 Å². The highest BCUT2D eigenvalue weighted by Crippen LogP contribution is 2.33. The molecular formula is C12H13Br. The van der Waals surface area contributed by atoms with E-state index in [-0.39, 0.29) is 0 Å². The Hall–Kier alpha value is -0.560. The number of fused-ring (bicyclic) bond motifs is 1. The number of halogens is 1. The fraction of sp³-hybridized carbons (Fsp3) is 0.333. The van der Waals surface area contributed by atoms with Gasteiger partial charge in [-0.2, -0.15) is 0 Å². The van der Waals surface area contributed by atoms with Crippen molar-refractivity contribution in [3.05, 3.63) is 40.5 Å². The molecule has 0 nitrogen and oxygen atoms in total. The van der Waals surface area contributed by atoms with Crippen molar-refractivity contribution < 1.29 is 0 Å². The van der Waals surface area contributed by atoms with Crippen LogP contribution in [0.2, 0.25) is 0 Å². The molecule has 68 valence electrons. The van der Waals surface area contributed by atoms with E-state index in [0.717, 1.165) is 6.42 Å². The number of hydrogen-bond donors (Lipinski definition) is 0. The molecule has 1 aromatic carbocycles. The minimum Gasteiger partial charge on any atom is -0.0693 e. The molecule has 0 fully saturated rings. The fourth-order valence-corrected chi connectivity index (χ4v) is 2.58. The van der Waals surface area contributed by atoms with E-state index in [1.54, 1.807) is 0 Å². The maximum absolute atomic E-state index is 3.62. The Morgan fingerprint density at radius 3 is 2.77 bits per heavy atom. The molecule has 0 aromatic heterocycles. The first-order chi connectivity index (χ1) is 6.18. The number of hydrogen-bond acceptors (Lipinski definition) is 0. The van der Waals surface area contributed by atoms with Gasteiger partial charge in [0, 0.05) is 4.48 Å². The second kappa shape index (κ2) is 3.30. The van der Waals surface area contributed by atoms with Crippen LogP contribution in [0, 0.1) is 13.8 Å². The van der Waals surface area contributed by atoms with Crippen molar-refractivity contribution >= 4 is 20.4 Å². The van der Waals surface area contributed by atoms with Gasteiger partial charge >= 0.3 is 0 Å². The van der Waals surface area contributed by atoms with Crippen molar-refractivity contribution in [2.45, 2.75) is 26.7 Å². The topological polar surface area (TPSA) is 0 Å². The molecule has 0 N–H and O–H groups in total. The largest absolute Gasteiger partial charge is 0.0693 e. The lowest BCUT2D eigenvalue weighted by molar-refractivity contribution is 0.967. The fourth-order valence-electron chi connectivity index (χ4n) is 2.00. The van der Waals surface area contributed by atoms with Crippen LogP contribution in [0.25, 0.3) is 4.48 Å². The maximum atomic E-state index is 3.62. The van der Waals surface area contributed by atoms with Gasteiger partial charge in [0.25, 0.3) is 0 Å². The Bertz CT molecular complexity index is 375. The molecule has 13 heavy (non-hydrogen) atoms. The van der Waals surface area contributed by atoms with E-state index < -0.39 is 0 Å². The Labute approximate surface area is 87.8 Å². The summed E-state index contributed by atoms with van der Waals surface area (Å²) >= 11 is 3.62. The zero-order valence-corrected chi connectivity index (χ0v) is 9.61. The average molecular weight is 237 g/mol. The van der Waals surface area contributed by atoms with Crippen LogP contribution < -0.4 is 0 Å². The van der Waals surface area contributed by atoms with Gasteiger partial charge in [-0.05, 0) is 43.4 Å². The predicted octanol–water partition coefficient (Wildman–Crippen LogP) is 3.99. The van der Waals surface area contributed by atoms with Crippen LogP contribution in [0.4, 0.5) is 0 Å². The molecule has 0 amide bonds. The lowest BCUT2D eigenvalue weighted by Crippen LogP contribution is -2.00. The first-order valence-corrected chi connectivity index (χ1v) is 5.44. The second-order valence-corrected chi connectivity index (χ2v) is 4.55. The summed E-state index contributed by atoms with van der Waals surface area (Å²) in [6, 6.07) is 4.53. The van der Waals surface area contributed by atoms with Crippen LogP contribution in [-0.4, -0.2) is 0 Å². The lowest BCUT2D eigenvalue weighted by Gasteiger charge is -2.17. The Morgan fingerprint density at radius 2 is 2.00 bits per heavy atom. The molecule has 0 saturated heterocycles. The molecule has 0 atom stereocenters. The van der Waals surface area contributed by atoms with E-state index in [1.165, 1.54) is 33.2 Å². The molecule has 1 heteroatoms. The molecular weight excluding hydrogens is 224 g/mol. The lowest BCUT2D eigenvalue weighted by atomic mass is 9.92. The number of allylic oxidation sites excluding steroid dienone is 1. The van der Waals surface area contributed by atoms with Gasteiger partial charge in [-0.25, -0.2) is 0 Å². The molecule has 1 aliphatic rings. The summed E-state index contributed by atoms with van der Waals surface area (Å²) < 4.78 is 1.26. The minimum atomic E-state index is 1.16. The van der Waals surface area contributed by atoms with Crippen molar-refractivity contribution in [2.24, 2.45) is 0 Å². The van der Waals surface area contributed by atoms with Crippen LogP contribution >= 0.6 is 15.9 Å². The summed E-state index contributed by atoms with van der Waals surface area (Å²) in [6.07, 6.45) is 4.62. The van der Waals surface area contributed by atoms with E-state index in [9.17, 15) is 0 Å². The van der Waals surface area contributed by atoms with Gasteiger partial charge in [-0.1, -0.05) is 39.7 Å². The smallest absolute Gasteiger partial charge is 0.0210 e. The highest BCUT2D eigenvalue weighted by Gasteiger charge is 2.12. The van der Waals surface area contributed by atoms with Crippen molar-refractivity contribution in [3.63, 3.8) is 0 Å². The third-order valence-electron chi connectivity index (χ3n) is 2.59. The van der Waals surface area contributed by atoms with Crippen LogP contribution in [0.15, 0.2) is 18.2 Å². The molecule has 2 rings (SSSR count). The van der Waals surface area contributed by atoms with E-state index in [2.05, 4.69) is 48.0 Å². The van der Waals surface area contributed by atoms with E-state index >= 15 is 0 Å². The van der Waals surface area contributed by atoms with Gasteiger partial charge in [0.1, 0.15) is 0 Å². The van der Waals surface area contributed by atoms with Crippen molar-refractivity contribution in [2.75, 3.05) is 0 Å². The molecule has 0 heterocycles. The highest BCUT2D eigenvalue weighted by atomic mass is 79.9. The predicted molar refractivity (Wildman–Crippen MR) is 61.1 cm³/mol. The Kier molecular flexibility index (Phi) is 2.29. The monoisotopic (exact) mass is 236 g/mol. The van der Waals surface area contributed by atoms with Crippen LogP contribution in [0.3, 0.4) is 0 Å². The Morgan fingerprint density at radius 1 is 1.23 bits per heavy atom. The summed E-state index contributed by atoms with van der Waals surface area (Å²) in [5.41, 5.74) is 5.69. The third kappa shape index (κ3) is 1.58. The molecule has 0 radical (unpaired) electrons. The van der Waals surface area contributed by atoms with Crippen LogP contribution in [-0.2, 0) is 6.42 Å². The second-order valence-electron chi connectivity index (χ2n) is 3.70. The number of aryl methyl sites for hydroxylation is 2. The van der Waals surface area contributed by atoms with Gasteiger partial charge in [0.2, 0.25) is 0 Å². The standard InChI is InChI=1S/C12H13Br/c1-8-6-9(2)10-4-3-5-12(13)11(10)7-8/h5-7H,3-4H2,1-2H3. The quantitative estimate of drug-likeness (QED) is 0.640. The summed E-state index contributed by atoms with van der Waals surface area (Å²) in [6.45, 7) is 4.36. The molecule has 0 aliphatic heterocycles. The summed E-state index contributed by atoms with van der Waals surface area (Å²) in [7, 11) is 0. The molecule has 0 saturated carbocycles.